The average Bonchev–Trinajstić information content (AvgIpc) is 3.26. The SMILES string of the molecule is COc1ccc2nc(N(Cc3cccnc3)C(=O)Cc3ccc(S(=O)(=O)C(C)C)cc3)sc2c1. The van der Waals surface area contributed by atoms with E-state index in [1.165, 1.54) is 11.3 Å². The lowest BCUT2D eigenvalue weighted by molar-refractivity contribution is -0.118. The zero-order valence-electron chi connectivity index (χ0n) is 19.1. The van der Waals surface area contributed by atoms with Crippen LogP contribution >= 0.6 is 11.3 Å². The highest BCUT2D eigenvalue weighted by Crippen LogP contribution is 2.32. The number of fused-ring (bicyclic) bond motifs is 1. The Morgan fingerprint density at radius 1 is 1.09 bits per heavy atom. The number of hydrogen-bond donors (Lipinski definition) is 0. The van der Waals surface area contributed by atoms with Crippen molar-refractivity contribution in [3.63, 3.8) is 0 Å². The summed E-state index contributed by atoms with van der Waals surface area (Å²) in [6.45, 7) is 3.62. The molecular weight excluding hydrogens is 470 g/mol. The predicted octanol–water partition coefficient (Wildman–Crippen LogP) is 4.66. The first-order chi connectivity index (χ1) is 16.3. The average molecular weight is 496 g/mol. The fraction of sp³-hybridized carbons (Fsp3) is 0.240. The molecule has 0 radical (unpaired) electrons. The lowest BCUT2D eigenvalue weighted by atomic mass is 10.1. The molecule has 2 aromatic carbocycles. The molecule has 0 aliphatic heterocycles. The van der Waals surface area contributed by atoms with Gasteiger partial charge in [-0.2, -0.15) is 0 Å². The van der Waals surface area contributed by atoms with E-state index in [1.807, 2.05) is 30.3 Å². The molecule has 176 valence electrons. The summed E-state index contributed by atoms with van der Waals surface area (Å²) in [4.78, 5) is 24.2. The second-order valence-electron chi connectivity index (χ2n) is 8.09. The number of nitrogens with zero attached hydrogens (tertiary/aromatic N) is 3. The molecule has 0 aliphatic carbocycles. The Bertz CT molecular complexity index is 1400. The number of aromatic nitrogens is 2. The van der Waals surface area contributed by atoms with Crippen LogP contribution in [0.3, 0.4) is 0 Å². The van der Waals surface area contributed by atoms with E-state index in [1.54, 1.807) is 62.5 Å². The van der Waals surface area contributed by atoms with Gasteiger partial charge in [0.1, 0.15) is 5.75 Å². The maximum atomic E-state index is 13.4. The van der Waals surface area contributed by atoms with Gasteiger partial charge in [0.2, 0.25) is 5.91 Å². The van der Waals surface area contributed by atoms with Crippen molar-refractivity contribution in [1.29, 1.82) is 0 Å². The lowest BCUT2D eigenvalue weighted by Crippen LogP contribution is -2.31. The third-order valence-electron chi connectivity index (χ3n) is 5.41. The molecule has 0 N–H and O–H groups in total. The minimum Gasteiger partial charge on any atom is -0.497 e. The molecule has 2 aromatic heterocycles. The van der Waals surface area contributed by atoms with Gasteiger partial charge in [-0.25, -0.2) is 13.4 Å². The Morgan fingerprint density at radius 2 is 1.85 bits per heavy atom. The van der Waals surface area contributed by atoms with E-state index in [0.29, 0.717) is 11.7 Å². The highest BCUT2D eigenvalue weighted by molar-refractivity contribution is 7.92. The molecule has 2 heterocycles. The minimum atomic E-state index is -3.36. The molecule has 7 nitrogen and oxygen atoms in total. The zero-order valence-corrected chi connectivity index (χ0v) is 20.8. The molecule has 34 heavy (non-hydrogen) atoms. The fourth-order valence-corrected chi connectivity index (χ4v) is 5.48. The van der Waals surface area contributed by atoms with Gasteiger partial charge in [-0.3, -0.25) is 14.7 Å². The zero-order chi connectivity index (χ0) is 24.3. The van der Waals surface area contributed by atoms with Crippen LogP contribution in [0, 0.1) is 0 Å². The number of sulfone groups is 1. The molecule has 4 rings (SSSR count). The second kappa shape index (κ2) is 9.90. The van der Waals surface area contributed by atoms with E-state index in [-0.39, 0.29) is 17.2 Å². The molecule has 0 fully saturated rings. The minimum absolute atomic E-state index is 0.113. The van der Waals surface area contributed by atoms with Gasteiger partial charge in [0.15, 0.2) is 15.0 Å². The van der Waals surface area contributed by atoms with Crippen molar-refractivity contribution in [2.45, 2.75) is 37.0 Å². The summed E-state index contributed by atoms with van der Waals surface area (Å²) in [7, 11) is -1.75. The van der Waals surface area contributed by atoms with E-state index < -0.39 is 15.1 Å². The number of anilines is 1. The van der Waals surface area contributed by atoms with Gasteiger partial charge in [0, 0.05) is 12.4 Å². The molecule has 0 saturated carbocycles. The largest absolute Gasteiger partial charge is 0.497 e. The number of thiazole rings is 1. The van der Waals surface area contributed by atoms with Gasteiger partial charge in [0.25, 0.3) is 0 Å². The summed E-state index contributed by atoms with van der Waals surface area (Å²) in [5.74, 6) is 0.582. The maximum Gasteiger partial charge on any atom is 0.233 e. The first-order valence-electron chi connectivity index (χ1n) is 10.7. The highest BCUT2D eigenvalue weighted by atomic mass is 32.2. The van der Waals surface area contributed by atoms with Crippen molar-refractivity contribution in [2.24, 2.45) is 0 Å². The van der Waals surface area contributed by atoms with Crippen LogP contribution < -0.4 is 9.64 Å². The van der Waals surface area contributed by atoms with Crippen LogP contribution in [0.4, 0.5) is 5.13 Å². The molecular formula is C25H25N3O4S2. The van der Waals surface area contributed by atoms with Gasteiger partial charge in [-0.05, 0) is 61.4 Å². The van der Waals surface area contributed by atoms with Crippen molar-refractivity contribution in [3.8, 4) is 5.75 Å². The third-order valence-corrected chi connectivity index (χ3v) is 8.62. The fourth-order valence-electron chi connectivity index (χ4n) is 3.41. The van der Waals surface area contributed by atoms with Crippen molar-refractivity contribution in [1.82, 2.24) is 9.97 Å². The van der Waals surface area contributed by atoms with Gasteiger partial charge in [0.05, 0.1) is 40.4 Å². The van der Waals surface area contributed by atoms with E-state index in [9.17, 15) is 13.2 Å². The van der Waals surface area contributed by atoms with E-state index in [2.05, 4.69) is 9.97 Å². The molecule has 1 amide bonds. The number of carbonyl (C=O) groups is 1. The van der Waals surface area contributed by atoms with Crippen LogP contribution in [0.2, 0.25) is 0 Å². The van der Waals surface area contributed by atoms with Crippen LogP contribution in [-0.2, 0) is 27.6 Å². The standard InChI is InChI=1S/C25H25N3O4S2/c1-17(2)34(30,31)21-9-6-18(7-10-21)13-24(29)28(16-19-5-4-12-26-15-19)25-27-22-11-8-20(32-3)14-23(22)33-25/h4-12,14-15,17H,13,16H2,1-3H3. The summed E-state index contributed by atoms with van der Waals surface area (Å²) in [6.07, 6.45) is 3.52. The molecule has 0 saturated heterocycles. The van der Waals surface area contributed by atoms with E-state index in [0.717, 1.165) is 27.1 Å². The number of carbonyl (C=O) groups excluding carboxylic acids is 1. The summed E-state index contributed by atoms with van der Waals surface area (Å²) in [5.41, 5.74) is 2.39. The Hall–Kier alpha value is -3.30. The lowest BCUT2D eigenvalue weighted by Gasteiger charge is -2.20. The van der Waals surface area contributed by atoms with Crippen molar-refractivity contribution in [3.05, 3.63) is 78.1 Å². The van der Waals surface area contributed by atoms with Gasteiger partial charge in [-0.1, -0.05) is 29.5 Å². The summed E-state index contributed by atoms with van der Waals surface area (Å²) < 4.78 is 31.0. The van der Waals surface area contributed by atoms with Gasteiger partial charge in [-0.15, -0.1) is 0 Å². The molecule has 0 unspecified atom stereocenters. The van der Waals surface area contributed by atoms with Crippen LogP contribution in [0.1, 0.15) is 25.0 Å². The third kappa shape index (κ3) is 5.10. The Morgan fingerprint density at radius 3 is 2.50 bits per heavy atom. The summed E-state index contributed by atoms with van der Waals surface area (Å²) in [5, 5.41) is 0.0729. The number of hydrogen-bond acceptors (Lipinski definition) is 7. The van der Waals surface area contributed by atoms with Crippen molar-refractivity contribution < 1.29 is 17.9 Å². The first-order valence-corrected chi connectivity index (χ1v) is 13.1. The molecule has 0 aliphatic rings. The normalized spacial score (nSPS) is 11.6. The first kappa shape index (κ1) is 23.8. The molecule has 4 aromatic rings. The van der Waals surface area contributed by atoms with Crippen molar-refractivity contribution in [2.75, 3.05) is 12.0 Å². The predicted molar refractivity (Wildman–Crippen MR) is 134 cm³/mol. The quantitative estimate of drug-likeness (QED) is 0.353. The number of ether oxygens (including phenoxy) is 1. The Balaban J connectivity index is 1.63. The van der Waals surface area contributed by atoms with E-state index in [4.69, 9.17) is 4.74 Å². The number of rotatable bonds is 8. The van der Waals surface area contributed by atoms with Gasteiger partial charge >= 0.3 is 0 Å². The van der Waals surface area contributed by atoms with Crippen molar-refractivity contribution >= 4 is 42.4 Å². The Labute approximate surface area is 203 Å². The smallest absolute Gasteiger partial charge is 0.233 e. The number of amides is 1. The van der Waals surface area contributed by atoms with Crippen LogP contribution in [-0.4, -0.2) is 36.7 Å². The second-order valence-corrected chi connectivity index (χ2v) is 11.6. The van der Waals surface area contributed by atoms with Crippen LogP contribution in [0.25, 0.3) is 10.2 Å². The monoisotopic (exact) mass is 495 g/mol. The summed E-state index contributed by atoms with van der Waals surface area (Å²) in [6, 6.07) is 15.9. The molecule has 0 spiro atoms. The van der Waals surface area contributed by atoms with E-state index >= 15 is 0 Å². The number of pyridine rings is 1. The summed E-state index contributed by atoms with van der Waals surface area (Å²) >= 11 is 1.42. The topological polar surface area (TPSA) is 89.5 Å². The maximum absolute atomic E-state index is 13.4. The highest BCUT2D eigenvalue weighted by Gasteiger charge is 2.22. The number of methoxy groups -OCH3 is 1. The molecule has 0 atom stereocenters. The van der Waals surface area contributed by atoms with Gasteiger partial charge < -0.3 is 4.74 Å². The van der Waals surface area contributed by atoms with Crippen LogP contribution in [0.5, 0.6) is 5.75 Å². The Kier molecular flexibility index (Phi) is 6.95. The number of benzene rings is 2. The molecule has 0 bridgehead atoms. The van der Waals surface area contributed by atoms with Crippen LogP contribution in [0.15, 0.2) is 71.9 Å². The molecule has 9 heteroatoms.